The van der Waals surface area contributed by atoms with E-state index in [1.165, 1.54) is 63.1 Å². The molecule has 0 bridgehead atoms. The van der Waals surface area contributed by atoms with E-state index in [1.54, 1.807) is 7.05 Å². The second kappa shape index (κ2) is 20.3. The van der Waals surface area contributed by atoms with Crippen molar-refractivity contribution in [1.82, 2.24) is 38.3 Å². The van der Waals surface area contributed by atoms with Crippen LogP contribution in [0, 0.1) is 23.7 Å². The third kappa shape index (κ3) is 12.7. The van der Waals surface area contributed by atoms with Crippen LogP contribution in [0.1, 0.15) is 65.6 Å². The Labute approximate surface area is 329 Å². The SMILES string of the molecule is C1CCOC1.Cn1c(Cl)nn2cncc2c1=O.Cn1c(OCC2CCC(C(F)(F)F)CC2)nn2cncc2c1=O.OCC1CCC(C(F)(F)F)CC1.[H-].[Na+]. The fraction of sp³-hybridized carbons (Fsp3) is 0.688. The zero-order valence-electron chi connectivity index (χ0n) is 30.8. The standard InChI is InChI=1S/C14H17F3N4O2.C8H13F3O.C6H5ClN4O.C4H8O.Na.H/c1-20-12(22)11-6-18-8-21(11)19-13(20)23-7-9-2-4-10(5-3-9)14(15,16)17;9-8(10,11)7-3-1-6(5-12)2-4-7;1-10-5(12)4-2-8-3-11(4)9-6(10)7;1-2-4-5-3-1;;/h6,8-10H,2-5,7H2,1H3;6-7,12H,1-5H2;2-3H,1H3;1-4H2;;/q;;;;+1;-1. The summed E-state index contributed by atoms with van der Waals surface area (Å²) in [6, 6.07) is 0.137. The second-order valence-corrected chi connectivity index (χ2v) is 13.4. The molecule has 0 radical (unpaired) electrons. The van der Waals surface area contributed by atoms with Gasteiger partial charge in [0.25, 0.3) is 11.1 Å². The Balaban J connectivity index is 0.000000276. The van der Waals surface area contributed by atoms with Crippen LogP contribution in [0.2, 0.25) is 5.28 Å². The molecule has 7 rings (SSSR count). The van der Waals surface area contributed by atoms with E-state index in [1.807, 2.05) is 0 Å². The smallest absolute Gasteiger partial charge is 1.00 e. The van der Waals surface area contributed by atoms with E-state index < -0.39 is 24.2 Å². The van der Waals surface area contributed by atoms with Gasteiger partial charge >= 0.3 is 47.9 Å². The van der Waals surface area contributed by atoms with Crippen molar-refractivity contribution in [2.45, 2.75) is 76.6 Å². The van der Waals surface area contributed by atoms with Crippen LogP contribution in [-0.4, -0.2) is 82.2 Å². The maximum atomic E-state index is 12.6. The molecule has 0 aromatic carbocycles. The van der Waals surface area contributed by atoms with Crippen LogP contribution in [0.3, 0.4) is 0 Å². The van der Waals surface area contributed by atoms with Crippen LogP contribution in [0.4, 0.5) is 26.3 Å². The summed E-state index contributed by atoms with van der Waals surface area (Å²) in [6.07, 6.45) is 2.71. The van der Waals surface area contributed by atoms with Crippen LogP contribution in [0.25, 0.3) is 11.0 Å². The predicted octanol–water partition coefficient (Wildman–Crippen LogP) is 2.52. The van der Waals surface area contributed by atoms with E-state index in [-0.39, 0.29) is 104 Å². The molecule has 1 N–H and O–H groups in total. The van der Waals surface area contributed by atoms with Crippen molar-refractivity contribution in [3.8, 4) is 6.01 Å². The zero-order valence-corrected chi connectivity index (χ0v) is 32.6. The van der Waals surface area contributed by atoms with Crippen molar-refractivity contribution in [2.75, 3.05) is 26.4 Å². The zero-order chi connectivity index (χ0) is 38.1. The van der Waals surface area contributed by atoms with Crippen LogP contribution in [0.5, 0.6) is 6.01 Å². The van der Waals surface area contributed by atoms with Gasteiger partial charge in [-0.2, -0.15) is 26.3 Å². The van der Waals surface area contributed by atoms with Gasteiger partial charge in [0.1, 0.15) is 12.7 Å². The number of aliphatic hydroxyl groups is 1. The number of halogens is 7. The number of imidazole rings is 2. The molecule has 2 aliphatic carbocycles. The third-order valence-corrected chi connectivity index (χ3v) is 9.72. The molecule has 292 valence electrons. The number of hydrogen-bond acceptors (Lipinski definition) is 9. The fourth-order valence-corrected chi connectivity index (χ4v) is 6.19. The van der Waals surface area contributed by atoms with Crippen molar-refractivity contribution in [3.05, 3.63) is 51.0 Å². The maximum Gasteiger partial charge on any atom is 1.00 e. The van der Waals surface area contributed by atoms with E-state index in [0.717, 1.165) is 13.2 Å². The van der Waals surface area contributed by atoms with Gasteiger partial charge in [-0.3, -0.25) is 18.7 Å². The minimum absolute atomic E-state index is 0. The van der Waals surface area contributed by atoms with Gasteiger partial charge in [0.2, 0.25) is 5.28 Å². The number of fused-ring (bicyclic) bond motifs is 2. The molecule has 13 nitrogen and oxygen atoms in total. The minimum atomic E-state index is -4.11. The molecule has 4 aromatic rings. The molecular weight excluding hydrogens is 749 g/mol. The van der Waals surface area contributed by atoms with Crippen molar-refractivity contribution < 1.29 is 71.9 Å². The fourth-order valence-electron chi connectivity index (χ4n) is 6.03. The first-order chi connectivity index (χ1) is 24.6. The first kappa shape index (κ1) is 44.7. The quantitative estimate of drug-likeness (QED) is 0.244. The van der Waals surface area contributed by atoms with Crippen LogP contribution in [0.15, 0.2) is 34.6 Å². The molecule has 0 atom stereocenters. The summed E-state index contributed by atoms with van der Waals surface area (Å²) in [6.45, 7) is 2.29. The largest absolute Gasteiger partial charge is 1.00 e. The number of aliphatic hydroxyl groups excluding tert-OH is 1. The summed E-state index contributed by atoms with van der Waals surface area (Å²) in [4.78, 5) is 31.1. The van der Waals surface area contributed by atoms with Gasteiger partial charge in [-0.1, -0.05) is 0 Å². The molecule has 3 aliphatic rings. The summed E-state index contributed by atoms with van der Waals surface area (Å²) < 4.78 is 90.0. The van der Waals surface area contributed by atoms with Gasteiger partial charge < -0.3 is 16.0 Å². The van der Waals surface area contributed by atoms with E-state index in [0.29, 0.717) is 36.7 Å². The average molecular weight is 793 g/mol. The maximum absolute atomic E-state index is 12.6. The summed E-state index contributed by atoms with van der Waals surface area (Å²) in [5, 5.41) is 16.9. The van der Waals surface area contributed by atoms with E-state index in [9.17, 15) is 35.9 Å². The number of ether oxygens (including phenoxy) is 2. The Hall–Kier alpha value is -2.71. The number of aromatic nitrogens is 8. The van der Waals surface area contributed by atoms with Crippen molar-refractivity contribution >= 4 is 22.6 Å². The molecule has 2 saturated carbocycles. The molecule has 0 spiro atoms. The van der Waals surface area contributed by atoms with Gasteiger partial charge in [-0.15, -0.1) is 10.2 Å². The summed E-state index contributed by atoms with van der Waals surface area (Å²) in [5.41, 5.74) is 0.271. The molecule has 1 aliphatic heterocycles. The molecular formula is C32H44ClF6N8NaO5. The van der Waals surface area contributed by atoms with Crippen molar-refractivity contribution in [3.63, 3.8) is 0 Å². The Morgan fingerprint density at radius 3 is 1.68 bits per heavy atom. The Kier molecular flexibility index (Phi) is 17.1. The summed E-state index contributed by atoms with van der Waals surface area (Å²) >= 11 is 5.65. The van der Waals surface area contributed by atoms with E-state index in [2.05, 4.69) is 20.2 Å². The first-order valence-corrected chi connectivity index (χ1v) is 17.4. The Morgan fingerprint density at radius 1 is 0.792 bits per heavy atom. The van der Waals surface area contributed by atoms with Gasteiger partial charge in [0.15, 0.2) is 11.0 Å². The van der Waals surface area contributed by atoms with Gasteiger partial charge in [0.05, 0.1) is 30.8 Å². The number of nitrogens with zero attached hydrogens (tertiary/aromatic N) is 8. The average Bonchev–Trinajstić information content (AvgIpc) is 3.93. The molecule has 21 heteroatoms. The minimum Gasteiger partial charge on any atom is -1.00 e. The van der Waals surface area contributed by atoms with Gasteiger partial charge in [0, 0.05) is 33.9 Å². The van der Waals surface area contributed by atoms with Gasteiger partial charge in [-0.05, 0) is 87.6 Å². The summed E-state index contributed by atoms with van der Waals surface area (Å²) in [7, 11) is 3.10. The Morgan fingerprint density at radius 2 is 1.25 bits per heavy atom. The molecule has 0 unspecified atom stereocenters. The first-order valence-electron chi connectivity index (χ1n) is 17.0. The summed E-state index contributed by atoms with van der Waals surface area (Å²) in [5.74, 6) is -2.18. The second-order valence-electron chi connectivity index (χ2n) is 13.1. The number of hydrogen-bond donors (Lipinski definition) is 1. The van der Waals surface area contributed by atoms with Crippen molar-refractivity contribution in [1.29, 1.82) is 0 Å². The number of rotatable bonds is 4. The van der Waals surface area contributed by atoms with Gasteiger partial charge in [-0.25, -0.2) is 19.0 Å². The normalized spacial score (nSPS) is 21.7. The molecule has 53 heavy (non-hydrogen) atoms. The van der Waals surface area contributed by atoms with E-state index in [4.69, 9.17) is 26.2 Å². The monoisotopic (exact) mass is 792 g/mol. The predicted molar refractivity (Wildman–Crippen MR) is 178 cm³/mol. The molecule has 4 aromatic heterocycles. The molecule has 1 saturated heterocycles. The number of alkyl halides is 6. The molecule has 0 amide bonds. The third-order valence-electron chi connectivity index (χ3n) is 9.39. The van der Waals surface area contributed by atoms with E-state index >= 15 is 0 Å². The van der Waals surface area contributed by atoms with Crippen LogP contribution < -0.4 is 45.4 Å². The van der Waals surface area contributed by atoms with Crippen LogP contribution in [-0.2, 0) is 18.8 Å². The van der Waals surface area contributed by atoms with Crippen LogP contribution >= 0.6 is 11.6 Å². The van der Waals surface area contributed by atoms with Crippen molar-refractivity contribution in [2.24, 2.45) is 37.8 Å². The Bertz CT molecular complexity index is 1830. The molecule has 5 heterocycles. The topological polar surface area (TPSA) is 143 Å². The molecule has 3 fully saturated rings.